The van der Waals surface area contributed by atoms with E-state index in [0.717, 1.165) is 22.7 Å². The van der Waals surface area contributed by atoms with Crippen molar-refractivity contribution in [3.05, 3.63) is 29.3 Å². The van der Waals surface area contributed by atoms with Crippen LogP contribution < -0.4 is 10.6 Å². The second kappa shape index (κ2) is 6.09. The van der Waals surface area contributed by atoms with Gasteiger partial charge in [0, 0.05) is 24.3 Å². The Morgan fingerprint density at radius 2 is 2.00 bits per heavy atom. The van der Waals surface area contributed by atoms with Crippen molar-refractivity contribution >= 4 is 11.6 Å². The van der Waals surface area contributed by atoms with Crippen LogP contribution in [-0.2, 0) is 0 Å². The van der Waals surface area contributed by atoms with Crippen LogP contribution >= 0.6 is 0 Å². The molecular weight excluding hydrogens is 236 g/mol. The lowest BCUT2D eigenvalue weighted by Crippen LogP contribution is -2.30. The Hall–Kier alpha value is -1.51. The van der Waals surface area contributed by atoms with Gasteiger partial charge in [-0.25, -0.2) is 0 Å². The Labute approximate surface area is 115 Å². The van der Waals surface area contributed by atoms with Gasteiger partial charge in [-0.1, -0.05) is 19.8 Å². The number of nitrogens with one attached hydrogen (secondary N) is 2. The third kappa shape index (κ3) is 3.28. The molecule has 1 amide bonds. The van der Waals surface area contributed by atoms with Gasteiger partial charge in [0.25, 0.3) is 5.91 Å². The second-order valence-corrected chi connectivity index (χ2v) is 5.62. The highest BCUT2D eigenvalue weighted by molar-refractivity contribution is 5.94. The van der Waals surface area contributed by atoms with E-state index in [4.69, 9.17) is 0 Å². The van der Waals surface area contributed by atoms with E-state index < -0.39 is 0 Å². The van der Waals surface area contributed by atoms with Crippen LogP contribution in [0, 0.1) is 12.8 Å². The van der Waals surface area contributed by atoms with Gasteiger partial charge in [-0.3, -0.25) is 4.79 Å². The summed E-state index contributed by atoms with van der Waals surface area (Å²) < 4.78 is 0. The van der Waals surface area contributed by atoms with E-state index in [0.29, 0.717) is 6.04 Å². The minimum atomic E-state index is -0.0271. The summed E-state index contributed by atoms with van der Waals surface area (Å²) in [5.41, 5.74) is 3.02. The Bertz CT molecular complexity index is 456. The van der Waals surface area contributed by atoms with Crippen LogP contribution in [0.2, 0.25) is 0 Å². The monoisotopic (exact) mass is 260 g/mol. The fraction of sp³-hybridized carbons (Fsp3) is 0.562. The van der Waals surface area contributed by atoms with E-state index in [9.17, 15) is 4.79 Å². The molecule has 0 aliphatic heterocycles. The largest absolute Gasteiger partial charge is 0.382 e. The summed E-state index contributed by atoms with van der Waals surface area (Å²) in [4.78, 5) is 11.6. The molecule has 0 heterocycles. The molecule has 3 heteroatoms. The van der Waals surface area contributed by atoms with Crippen LogP contribution in [0.5, 0.6) is 0 Å². The smallest absolute Gasteiger partial charge is 0.251 e. The van der Waals surface area contributed by atoms with Gasteiger partial charge in [0.05, 0.1) is 0 Å². The molecule has 1 aromatic carbocycles. The van der Waals surface area contributed by atoms with Crippen LogP contribution in [0.15, 0.2) is 18.2 Å². The lowest BCUT2D eigenvalue weighted by atomic mass is 9.85. The van der Waals surface area contributed by atoms with Gasteiger partial charge >= 0.3 is 0 Å². The van der Waals surface area contributed by atoms with Crippen LogP contribution in [0.4, 0.5) is 5.69 Å². The number of hydrogen-bond acceptors (Lipinski definition) is 2. The summed E-state index contributed by atoms with van der Waals surface area (Å²) in [6.07, 6.45) is 5.23. The van der Waals surface area contributed by atoms with Crippen molar-refractivity contribution in [2.75, 3.05) is 12.4 Å². The Balaban J connectivity index is 2.10. The maximum absolute atomic E-state index is 11.6. The van der Waals surface area contributed by atoms with Crippen molar-refractivity contribution in [3.63, 3.8) is 0 Å². The number of amides is 1. The summed E-state index contributed by atoms with van der Waals surface area (Å²) in [6.45, 7) is 4.38. The summed E-state index contributed by atoms with van der Waals surface area (Å²) in [6, 6.07) is 6.44. The summed E-state index contributed by atoms with van der Waals surface area (Å²) >= 11 is 0. The molecule has 104 valence electrons. The van der Waals surface area contributed by atoms with Crippen molar-refractivity contribution in [2.45, 2.75) is 45.6 Å². The highest BCUT2D eigenvalue weighted by Gasteiger charge is 2.21. The number of hydrogen-bond donors (Lipinski definition) is 2. The zero-order chi connectivity index (χ0) is 13.8. The molecule has 19 heavy (non-hydrogen) atoms. The predicted molar refractivity (Wildman–Crippen MR) is 79.6 cm³/mol. The number of benzene rings is 1. The summed E-state index contributed by atoms with van der Waals surface area (Å²) in [5.74, 6) is 0.701. The van der Waals surface area contributed by atoms with Crippen LogP contribution in [0.25, 0.3) is 0 Å². The molecule has 1 aliphatic rings. The fourth-order valence-corrected chi connectivity index (χ4v) is 2.84. The van der Waals surface area contributed by atoms with E-state index in [2.05, 4.69) is 24.5 Å². The van der Waals surface area contributed by atoms with E-state index in [1.807, 2.05) is 18.2 Å². The molecule has 0 spiro atoms. The van der Waals surface area contributed by atoms with Gasteiger partial charge in [0.2, 0.25) is 0 Å². The van der Waals surface area contributed by atoms with E-state index in [1.54, 1.807) is 7.05 Å². The number of aryl methyl sites for hydroxylation is 1. The van der Waals surface area contributed by atoms with Gasteiger partial charge in [-0.05, 0) is 49.4 Å². The molecule has 0 aromatic heterocycles. The minimum absolute atomic E-state index is 0.0271. The quantitative estimate of drug-likeness (QED) is 0.875. The molecule has 1 saturated carbocycles. The Kier molecular flexibility index (Phi) is 4.46. The van der Waals surface area contributed by atoms with E-state index >= 15 is 0 Å². The van der Waals surface area contributed by atoms with E-state index in [1.165, 1.54) is 25.7 Å². The molecule has 1 aliphatic carbocycles. The normalized spacial score (nSPS) is 22.9. The van der Waals surface area contributed by atoms with Gasteiger partial charge in [0.1, 0.15) is 0 Å². The molecule has 1 aromatic rings. The lowest BCUT2D eigenvalue weighted by Gasteiger charge is -2.31. The van der Waals surface area contributed by atoms with E-state index in [-0.39, 0.29) is 5.91 Å². The highest BCUT2D eigenvalue weighted by Crippen LogP contribution is 2.28. The summed E-state index contributed by atoms with van der Waals surface area (Å²) in [7, 11) is 1.66. The molecule has 2 N–H and O–H groups in total. The van der Waals surface area contributed by atoms with Crippen molar-refractivity contribution in [2.24, 2.45) is 5.92 Å². The fourth-order valence-electron chi connectivity index (χ4n) is 2.84. The predicted octanol–water partition coefficient (Wildman–Crippen LogP) is 3.35. The van der Waals surface area contributed by atoms with Crippen molar-refractivity contribution in [1.82, 2.24) is 5.32 Å². The number of rotatable bonds is 3. The summed E-state index contributed by atoms with van der Waals surface area (Å²) in [5, 5.41) is 6.31. The van der Waals surface area contributed by atoms with Crippen molar-refractivity contribution in [3.8, 4) is 0 Å². The molecule has 2 rings (SSSR count). The molecule has 0 saturated heterocycles. The van der Waals surface area contributed by atoms with Gasteiger partial charge in [-0.15, -0.1) is 0 Å². The van der Waals surface area contributed by atoms with Crippen molar-refractivity contribution < 1.29 is 4.79 Å². The molecule has 1 fully saturated rings. The van der Waals surface area contributed by atoms with Crippen LogP contribution in [0.3, 0.4) is 0 Å². The maximum atomic E-state index is 11.6. The third-order valence-electron chi connectivity index (χ3n) is 4.17. The van der Waals surface area contributed by atoms with Gasteiger partial charge in [-0.2, -0.15) is 0 Å². The number of anilines is 1. The first kappa shape index (κ1) is 13.9. The molecule has 2 unspecified atom stereocenters. The topological polar surface area (TPSA) is 41.1 Å². The highest BCUT2D eigenvalue weighted by atomic mass is 16.1. The number of carbonyl (C=O) groups excluding carboxylic acids is 1. The molecule has 2 atom stereocenters. The zero-order valence-electron chi connectivity index (χ0n) is 12.1. The molecule has 0 bridgehead atoms. The Morgan fingerprint density at radius 3 is 2.63 bits per heavy atom. The van der Waals surface area contributed by atoms with Crippen LogP contribution in [0.1, 0.15) is 48.5 Å². The van der Waals surface area contributed by atoms with Crippen molar-refractivity contribution in [1.29, 1.82) is 0 Å². The van der Waals surface area contributed by atoms with Gasteiger partial charge in [0.15, 0.2) is 0 Å². The van der Waals surface area contributed by atoms with Crippen LogP contribution in [-0.4, -0.2) is 19.0 Å². The SMILES string of the molecule is CNC(=O)c1ccc(NC2CCCCC2C)c(C)c1. The molecule has 0 radical (unpaired) electrons. The Morgan fingerprint density at radius 1 is 1.26 bits per heavy atom. The maximum Gasteiger partial charge on any atom is 0.251 e. The third-order valence-corrected chi connectivity index (χ3v) is 4.17. The average Bonchev–Trinajstić information content (AvgIpc) is 2.42. The first-order valence-corrected chi connectivity index (χ1v) is 7.21. The standard InChI is InChI=1S/C16H24N2O/c1-11-6-4-5-7-14(11)18-15-9-8-13(10-12(15)2)16(19)17-3/h8-11,14,18H,4-7H2,1-3H3,(H,17,19). The molecule has 3 nitrogen and oxygen atoms in total. The number of carbonyl (C=O) groups is 1. The lowest BCUT2D eigenvalue weighted by molar-refractivity contribution is 0.0963. The first-order valence-electron chi connectivity index (χ1n) is 7.21. The first-order chi connectivity index (χ1) is 9.11. The average molecular weight is 260 g/mol. The second-order valence-electron chi connectivity index (χ2n) is 5.62. The van der Waals surface area contributed by atoms with Gasteiger partial charge < -0.3 is 10.6 Å². The zero-order valence-corrected chi connectivity index (χ0v) is 12.1. The molecular formula is C16H24N2O. The minimum Gasteiger partial charge on any atom is -0.382 e.